The van der Waals surface area contributed by atoms with Crippen LogP contribution in [0.1, 0.15) is 63.5 Å². The minimum atomic E-state index is -2.49. The van der Waals surface area contributed by atoms with E-state index in [4.69, 9.17) is 22.8 Å². The number of hydrogen-bond acceptors (Lipinski definition) is 5. The molecule has 0 aliphatic carbocycles. The molecule has 0 radical (unpaired) electrons. The highest BCUT2D eigenvalue weighted by molar-refractivity contribution is 6.60. The minimum Gasteiger partial charge on any atom is -0.462 e. The molecule has 1 aromatic rings. The van der Waals surface area contributed by atoms with Crippen LogP contribution in [0.3, 0.4) is 0 Å². The standard InChI is InChI=1S/C21H36O5Si/c1-6-7-8-9-14-21(2)25-17-19-16-18(12-13-20(19)26-21)11-10-15-27(22-3,23-4)24-5/h12-13,16H,6-11,14-15,17H2,1-5H3. The summed E-state index contributed by atoms with van der Waals surface area (Å²) < 4.78 is 28.7. The predicted molar refractivity (Wildman–Crippen MR) is 109 cm³/mol. The Labute approximate surface area is 165 Å². The van der Waals surface area contributed by atoms with Gasteiger partial charge in [-0.25, -0.2) is 0 Å². The van der Waals surface area contributed by atoms with Crippen molar-refractivity contribution in [3.8, 4) is 5.75 Å². The average molecular weight is 397 g/mol. The molecule has 1 atom stereocenters. The summed E-state index contributed by atoms with van der Waals surface area (Å²) in [5.74, 6) is 0.459. The van der Waals surface area contributed by atoms with Crippen molar-refractivity contribution < 1.29 is 22.8 Å². The third-order valence-corrected chi connectivity index (χ3v) is 8.18. The van der Waals surface area contributed by atoms with Crippen molar-refractivity contribution in [3.05, 3.63) is 29.3 Å². The Hall–Kier alpha value is -0.923. The molecule has 1 unspecified atom stereocenters. The summed E-state index contributed by atoms with van der Waals surface area (Å²) in [5, 5.41) is 0. The average Bonchev–Trinajstić information content (AvgIpc) is 2.69. The van der Waals surface area contributed by atoms with Gasteiger partial charge in [0.2, 0.25) is 5.79 Å². The Balaban J connectivity index is 1.89. The smallest absolute Gasteiger partial charge is 0.462 e. The quantitative estimate of drug-likeness (QED) is 0.364. The van der Waals surface area contributed by atoms with Crippen LogP contribution in [0.25, 0.3) is 0 Å². The Bertz CT molecular complexity index is 567. The molecule has 0 bridgehead atoms. The van der Waals surface area contributed by atoms with E-state index in [9.17, 15) is 0 Å². The van der Waals surface area contributed by atoms with E-state index in [1.165, 1.54) is 24.8 Å². The molecule has 2 rings (SSSR count). The van der Waals surface area contributed by atoms with Crippen molar-refractivity contribution in [3.63, 3.8) is 0 Å². The fourth-order valence-corrected chi connectivity index (χ4v) is 5.28. The largest absolute Gasteiger partial charge is 0.500 e. The fourth-order valence-electron chi connectivity index (χ4n) is 3.55. The number of rotatable bonds is 12. The summed E-state index contributed by atoms with van der Waals surface area (Å²) >= 11 is 0. The molecule has 0 aromatic heterocycles. The van der Waals surface area contributed by atoms with Gasteiger partial charge in [-0.15, -0.1) is 0 Å². The maximum atomic E-state index is 6.19. The van der Waals surface area contributed by atoms with Gasteiger partial charge in [0.05, 0.1) is 6.61 Å². The topological polar surface area (TPSA) is 46.2 Å². The zero-order valence-corrected chi connectivity index (χ0v) is 18.6. The molecule has 0 amide bonds. The van der Waals surface area contributed by atoms with Crippen LogP contribution in [0, 0.1) is 0 Å². The molecule has 0 N–H and O–H groups in total. The first-order chi connectivity index (χ1) is 13.0. The van der Waals surface area contributed by atoms with Crippen molar-refractivity contribution in [1.29, 1.82) is 0 Å². The number of unbranched alkanes of at least 4 members (excludes halogenated alkanes) is 3. The molecule has 6 heteroatoms. The van der Waals surface area contributed by atoms with Gasteiger partial charge in [-0.05, 0) is 37.0 Å². The second-order valence-electron chi connectivity index (χ2n) is 7.43. The maximum Gasteiger partial charge on any atom is 0.500 e. The van der Waals surface area contributed by atoms with Crippen LogP contribution in [0.15, 0.2) is 18.2 Å². The highest BCUT2D eigenvalue weighted by Gasteiger charge is 2.37. The summed E-state index contributed by atoms with van der Waals surface area (Å²) in [7, 11) is 2.49. The van der Waals surface area contributed by atoms with Crippen LogP contribution in [-0.4, -0.2) is 35.9 Å². The van der Waals surface area contributed by atoms with Gasteiger partial charge in [0.25, 0.3) is 0 Å². The van der Waals surface area contributed by atoms with E-state index in [1.54, 1.807) is 21.3 Å². The van der Waals surface area contributed by atoms with E-state index < -0.39 is 14.6 Å². The summed E-state index contributed by atoms with van der Waals surface area (Å²) in [6, 6.07) is 7.24. The van der Waals surface area contributed by atoms with Crippen LogP contribution in [-0.2, 0) is 31.0 Å². The highest BCUT2D eigenvalue weighted by atomic mass is 28.4. The Morgan fingerprint density at radius 1 is 1.04 bits per heavy atom. The number of aryl methyl sites for hydroxylation is 1. The molecule has 0 saturated heterocycles. The molecule has 1 aliphatic heterocycles. The summed E-state index contributed by atoms with van der Waals surface area (Å²) in [6.45, 7) is 4.89. The number of hydrogen-bond donors (Lipinski definition) is 0. The van der Waals surface area contributed by atoms with Crippen molar-refractivity contribution in [2.24, 2.45) is 0 Å². The van der Waals surface area contributed by atoms with Crippen LogP contribution in [0.2, 0.25) is 6.04 Å². The molecule has 154 valence electrons. The first-order valence-electron chi connectivity index (χ1n) is 10.1. The first-order valence-corrected chi connectivity index (χ1v) is 12.0. The van der Waals surface area contributed by atoms with Gasteiger partial charge in [0, 0.05) is 46.3 Å². The Morgan fingerprint density at radius 3 is 2.44 bits per heavy atom. The number of benzene rings is 1. The van der Waals surface area contributed by atoms with Crippen molar-refractivity contribution >= 4 is 8.80 Å². The first kappa shape index (κ1) is 22.4. The monoisotopic (exact) mass is 396 g/mol. The molecule has 0 saturated carbocycles. The molecule has 0 fully saturated rings. The third kappa shape index (κ3) is 6.29. The van der Waals surface area contributed by atoms with Gasteiger partial charge in [-0.1, -0.05) is 32.3 Å². The summed E-state index contributed by atoms with van der Waals surface area (Å²) in [5.41, 5.74) is 2.41. The molecule has 1 aliphatic rings. The number of fused-ring (bicyclic) bond motifs is 1. The number of ether oxygens (including phenoxy) is 2. The van der Waals surface area contributed by atoms with Gasteiger partial charge < -0.3 is 22.8 Å². The second-order valence-corrected chi connectivity index (χ2v) is 10.5. The molecular weight excluding hydrogens is 360 g/mol. The van der Waals surface area contributed by atoms with E-state index in [0.717, 1.165) is 43.0 Å². The van der Waals surface area contributed by atoms with Crippen LogP contribution >= 0.6 is 0 Å². The lowest BCUT2D eigenvalue weighted by Crippen LogP contribution is -2.42. The minimum absolute atomic E-state index is 0.497. The predicted octanol–water partition coefficient (Wildman–Crippen LogP) is 5.09. The van der Waals surface area contributed by atoms with Gasteiger partial charge in [-0.2, -0.15) is 0 Å². The van der Waals surface area contributed by atoms with E-state index in [1.807, 2.05) is 0 Å². The van der Waals surface area contributed by atoms with Gasteiger partial charge in [0.1, 0.15) is 5.75 Å². The van der Waals surface area contributed by atoms with Crippen LogP contribution < -0.4 is 4.74 Å². The lowest BCUT2D eigenvalue weighted by Gasteiger charge is -2.36. The Kier molecular flexibility index (Phi) is 8.76. The molecule has 5 nitrogen and oxygen atoms in total. The summed E-state index contributed by atoms with van der Waals surface area (Å²) in [4.78, 5) is 0. The van der Waals surface area contributed by atoms with Crippen LogP contribution in [0.5, 0.6) is 5.75 Å². The highest BCUT2D eigenvalue weighted by Crippen LogP contribution is 2.35. The molecular formula is C21H36O5Si. The lowest BCUT2D eigenvalue weighted by atomic mass is 10.0. The lowest BCUT2D eigenvalue weighted by molar-refractivity contribution is -0.198. The molecule has 0 spiro atoms. The van der Waals surface area contributed by atoms with Gasteiger partial charge in [0.15, 0.2) is 0 Å². The fraction of sp³-hybridized carbons (Fsp3) is 0.714. The van der Waals surface area contributed by atoms with E-state index >= 15 is 0 Å². The van der Waals surface area contributed by atoms with E-state index in [-0.39, 0.29) is 0 Å². The zero-order chi connectivity index (χ0) is 19.8. The molecule has 1 aromatic carbocycles. The van der Waals surface area contributed by atoms with Crippen molar-refractivity contribution in [2.75, 3.05) is 21.3 Å². The zero-order valence-electron chi connectivity index (χ0n) is 17.6. The van der Waals surface area contributed by atoms with E-state index in [2.05, 4.69) is 32.0 Å². The SMILES string of the molecule is CCCCCCC1(C)OCc2cc(CCC[Si](OC)(OC)OC)ccc2O1. The normalized spacial score (nSPS) is 19.6. The van der Waals surface area contributed by atoms with Gasteiger partial charge >= 0.3 is 8.80 Å². The third-order valence-electron chi connectivity index (χ3n) is 5.35. The van der Waals surface area contributed by atoms with Crippen molar-refractivity contribution in [2.45, 2.75) is 77.2 Å². The van der Waals surface area contributed by atoms with Gasteiger partial charge in [-0.3, -0.25) is 0 Å². The molecule has 1 heterocycles. The van der Waals surface area contributed by atoms with E-state index in [0.29, 0.717) is 6.61 Å². The second kappa shape index (κ2) is 10.6. The van der Waals surface area contributed by atoms with Crippen LogP contribution in [0.4, 0.5) is 0 Å². The molecule has 27 heavy (non-hydrogen) atoms. The summed E-state index contributed by atoms with van der Waals surface area (Å²) in [6.07, 6.45) is 7.74. The Morgan fingerprint density at radius 2 is 1.78 bits per heavy atom. The van der Waals surface area contributed by atoms with Crippen molar-refractivity contribution in [1.82, 2.24) is 0 Å². The maximum absolute atomic E-state index is 6.19.